The van der Waals surface area contributed by atoms with Gasteiger partial charge in [0.2, 0.25) is 0 Å². The molecule has 1 atom stereocenters. The molecular formula is C27H27N3O4. The standard InChI is InChI=1S/C27H27N3O4/c1-18-24(26(31)28-16-19-9-5-3-6-10-19)25(30-27(32)29-18)21-13-14-22(23(15-21)33-2)34-17-20-11-7-4-8-12-20/h3-15,25H,16-17H2,1-2H3,(H,28,31)(H2,29,30,32)/t25-/m0/s1. The van der Waals surface area contributed by atoms with Crippen LogP contribution in [-0.4, -0.2) is 19.0 Å². The van der Waals surface area contributed by atoms with Crippen molar-refractivity contribution in [3.8, 4) is 11.5 Å². The summed E-state index contributed by atoms with van der Waals surface area (Å²) < 4.78 is 11.5. The van der Waals surface area contributed by atoms with E-state index in [1.165, 1.54) is 0 Å². The second-order valence-electron chi connectivity index (χ2n) is 7.92. The predicted molar refractivity (Wildman–Crippen MR) is 129 cm³/mol. The van der Waals surface area contributed by atoms with Crippen LogP contribution in [0.1, 0.15) is 29.7 Å². The first-order chi connectivity index (χ1) is 16.5. The summed E-state index contributed by atoms with van der Waals surface area (Å²) in [4.78, 5) is 25.4. The van der Waals surface area contributed by atoms with E-state index in [2.05, 4.69) is 16.0 Å². The number of amides is 3. The molecule has 7 heteroatoms. The maximum Gasteiger partial charge on any atom is 0.319 e. The SMILES string of the molecule is COc1cc([C@@H]2NC(=O)NC(C)=C2C(=O)NCc2ccccc2)ccc1OCc1ccccc1. The number of carbonyl (C=O) groups excluding carboxylic acids is 2. The lowest BCUT2D eigenvalue weighted by Crippen LogP contribution is -2.46. The lowest BCUT2D eigenvalue weighted by molar-refractivity contribution is -0.118. The van der Waals surface area contributed by atoms with E-state index in [-0.39, 0.29) is 11.9 Å². The van der Waals surface area contributed by atoms with Gasteiger partial charge in [0.25, 0.3) is 5.91 Å². The highest BCUT2D eigenvalue weighted by atomic mass is 16.5. The topological polar surface area (TPSA) is 88.7 Å². The summed E-state index contributed by atoms with van der Waals surface area (Å²) >= 11 is 0. The van der Waals surface area contributed by atoms with Crippen molar-refractivity contribution >= 4 is 11.9 Å². The van der Waals surface area contributed by atoms with Gasteiger partial charge in [0, 0.05) is 12.2 Å². The third-order valence-corrected chi connectivity index (χ3v) is 5.57. The number of rotatable bonds is 8. The molecule has 34 heavy (non-hydrogen) atoms. The molecule has 0 saturated carbocycles. The molecule has 0 spiro atoms. The molecule has 174 valence electrons. The highest BCUT2D eigenvalue weighted by Crippen LogP contribution is 2.34. The number of allylic oxidation sites excluding steroid dienone is 1. The van der Waals surface area contributed by atoms with Crippen LogP contribution in [0.25, 0.3) is 0 Å². The van der Waals surface area contributed by atoms with Gasteiger partial charge in [0.1, 0.15) is 6.61 Å². The molecule has 0 aliphatic carbocycles. The van der Waals surface area contributed by atoms with Crippen LogP contribution < -0.4 is 25.4 Å². The summed E-state index contributed by atoms with van der Waals surface area (Å²) in [5.41, 5.74) is 3.68. The van der Waals surface area contributed by atoms with Gasteiger partial charge in [-0.25, -0.2) is 4.79 Å². The van der Waals surface area contributed by atoms with E-state index >= 15 is 0 Å². The summed E-state index contributed by atoms with van der Waals surface area (Å²) in [7, 11) is 1.56. The second-order valence-corrected chi connectivity index (χ2v) is 7.92. The van der Waals surface area contributed by atoms with Crippen LogP contribution in [0.2, 0.25) is 0 Å². The highest BCUT2D eigenvalue weighted by Gasteiger charge is 2.31. The lowest BCUT2D eigenvalue weighted by atomic mass is 9.94. The summed E-state index contributed by atoms with van der Waals surface area (Å²) in [5, 5.41) is 8.50. The van der Waals surface area contributed by atoms with Gasteiger partial charge in [-0.15, -0.1) is 0 Å². The van der Waals surface area contributed by atoms with Crippen LogP contribution in [-0.2, 0) is 17.9 Å². The number of benzene rings is 3. The summed E-state index contributed by atoms with van der Waals surface area (Å²) in [5.74, 6) is 0.830. The van der Waals surface area contributed by atoms with Crippen LogP contribution in [0.4, 0.5) is 4.79 Å². The fourth-order valence-electron chi connectivity index (χ4n) is 3.84. The smallest absolute Gasteiger partial charge is 0.319 e. The maximum absolute atomic E-state index is 13.1. The fourth-order valence-corrected chi connectivity index (χ4v) is 3.84. The van der Waals surface area contributed by atoms with Gasteiger partial charge >= 0.3 is 6.03 Å². The fraction of sp³-hybridized carbons (Fsp3) is 0.185. The van der Waals surface area contributed by atoms with Crippen LogP contribution in [0.5, 0.6) is 11.5 Å². The largest absolute Gasteiger partial charge is 0.493 e. The van der Waals surface area contributed by atoms with E-state index in [1.54, 1.807) is 26.2 Å². The molecule has 1 aliphatic rings. The Hall–Kier alpha value is -4.26. The van der Waals surface area contributed by atoms with Gasteiger partial charge in [0.15, 0.2) is 11.5 Å². The Kier molecular flexibility index (Phi) is 7.13. The number of hydrogen-bond donors (Lipinski definition) is 3. The Morgan fingerprint density at radius 3 is 2.29 bits per heavy atom. The summed E-state index contributed by atoms with van der Waals surface area (Å²) in [6, 6.07) is 23.9. The molecule has 0 aromatic heterocycles. The van der Waals surface area contributed by atoms with E-state index in [0.29, 0.717) is 41.5 Å². The number of hydrogen-bond acceptors (Lipinski definition) is 4. The van der Waals surface area contributed by atoms with E-state index in [9.17, 15) is 9.59 Å². The first-order valence-corrected chi connectivity index (χ1v) is 11.0. The predicted octanol–water partition coefficient (Wildman–Crippen LogP) is 4.22. The third-order valence-electron chi connectivity index (χ3n) is 5.57. The van der Waals surface area contributed by atoms with Crippen molar-refractivity contribution in [2.24, 2.45) is 0 Å². The number of nitrogens with one attached hydrogen (secondary N) is 3. The zero-order chi connectivity index (χ0) is 23.9. The molecular weight excluding hydrogens is 430 g/mol. The van der Waals surface area contributed by atoms with Crippen LogP contribution in [0, 0.1) is 0 Å². The second kappa shape index (κ2) is 10.6. The molecule has 4 rings (SSSR count). The molecule has 3 amide bonds. The van der Waals surface area contributed by atoms with E-state index in [0.717, 1.165) is 11.1 Å². The first-order valence-electron chi connectivity index (χ1n) is 11.0. The molecule has 0 fully saturated rings. The Labute approximate surface area is 198 Å². The monoisotopic (exact) mass is 457 g/mol. The van der Waals surface area contributed by atoms with E-state index in [4.69, 9.17) is 9.47 Å². The average molecular weight is 458 g/mol. The van der Waals surface area contributed by atoms with Crippen molar-refractivity contribution in [2.45, 2.75) is 26.1 Å². The molecule has 3 aromatic carbocycles. The quantitative estimate of drug-likeness (QED) is 0.473. The molecule has 0 saturated heterocycles. The van der Waals surface area contributed by atoms with Gasteiger partial charge in [-0.1, -0.05) is 66.7 Å². The minimum absolute atomic E-state index is 0.262. The van der Waals surface area contributed by atoms with Crippen molar-refractivity contribution in [3.63, 3.8) is 0 Å². The molecule has 3 N–H and O–H groups in total. The molecule has 0 unspecified atom stereocenters. The van der Waals surface area contributed by atoms with Crippen molar-refractivity contribution in [3.05, 3.63) is 107 Å². The number of urea groups is 1. The van der Waals surface area contributed by atoms with Gasteiger partial charge in [-0.2, -0.15) is 0 Å². The van der Waals surface area contributed by atoms with Gasteiger partial charge < -0.3 is 25.4 Å². The minimum Gasteiger partial charge on any atom is -0.493 e. The number of carbonyl (C=O) groups is 2. The van der Waals surface area contributed by atoms with Crippen LogP contribution in [0.3, 0.4) is 0 Å². The van der Waals surface area contributed by atoms with Crippen molar-refractivity contribution < 1.29 is 19.1 Å². The molecule has 0 radical (unpaired) electrons. The highest BCUT2D eigenvalue weighted by molar-refractivity contribution is 5.98. The van der Waals surface area contributed by atoms with Crippen LogP contribution >= 0.6 is 0 Å². The molecule has 7 nitrogen and oxygen atoms in total. The number of methoxy groups -OCH3 is 1. The Morgan fingerprint density at radius 2 is 1.62 bits per heavy atom. The summed E-state index contributed by atoms with van der Waals surface area (Å²) in [6.45, 7) is 2.50. The van der Waals surface area contributed by atoms with Gasteiger partial charge in [-0.3, -0.25) is 4.79 Å². The van der Waals surface area contributed by atoms with Crippen molar-refractivity contribution in [1.29, 1.82) is 0 Å². The molecule has 3 aromatic rings. The van der Waals surface area contributed by atoms with Crippen molar-refractivity contribution in [2.75, 3.05) is 7.11 Å². The third kappa shape index (κ3) is 5.38. The molecule has 1 aliphatic heterocycles. The van der Waals surface area contributed by atoms with Gasteiger partial charge in [-0.05, 0) is 35.7 Å². The minimum atomic E-state index is -0.637. The van der Waals surface area contributed by atoms with E-state index in [1.807, 2.05) is 66.7 Å². The zero-order valence-corrected chi connectivity index (χ0v) is 19.1. The normalized spacial score (nSPS) is 15.2. The first kappa shape index (κ1) is 22.9. The van der Waals surface area contributed by atoms with Crippen LogP contribution in [0.15, 0.2) is 90.1 Å². The number of ether oxygens (including phenoxy) is 2. The Balaban J connectivity index is 1.55. The van der Waals surface area contributed by atoms with E-state index < -0.39 is 6.04 Å². The molecule has 1 heterocycles. The zero-order valence-electron chi connectivity index (χ0n) is 19.1. The maximum atomic E-state index is 13.1. The average Bonchev–Trinajstić information content (AvgIpc) is 2.86. The lowest BCUT2D eigenvalue weighted by Gasteiger charge is -2.29. The summed E-state index contributed by atoms with van der Waals surface area (Å²) in [6.07, 6.45) is 0. The molecule has 0 bridgehead atoms. The van der Waals surface area contributed by atoms with Crippen molar-refractivity contribution in [1.82, 2.24) is 16.0 Å². The van der Waals surface area contributed by atoms with Gasteiger partial charge in [0.05, 0.1) is 18.7 Å². The Bertz CT molecular complexity index is 1190. The Morgan fingerprint density at radius 1 is 0.941 bits per heavy atom.